The average Bonchev–Trinajstić information content (AvgIpc) is 3.17. The first-order valence-electron chi connectivity index (χ1n) is 7.84. The van der Waals surface area contributed by atoms with E-state index in [1.54, 1.807) is 0 Å². The van der Waals surface area contributed by atoms with Crippen LogP contribution in [0.15, 0.2) is 46.9 Å². The van der Waals surface area contributed by atoms with Crippen molar-refractivity contribution in [2.24, 2.45) is 0 Å². The minimum Gasteiger partial charge on any atom is -0.369 e. The summed E-state index contributed by atoms with van der Waals surface area (Å²) in [5.41, 5.74) is 1.54. The SMILES string of the molecule is FC(F)(F)c1cc(Cl)ccc1-n1nc(-c2ccccc2Br)c2c1NCC2. The van der Waals surface area contributed by atoms with Crippen molar-refractivity contribution in [3.05, 3.63) is 63.1 Å². The topological polar surface area (TPSA) is 29.9 Å². The van der Waals surface area contributed by atoms with E-state index < -0.39 is 11.7 Å². The molecule has 0 radical (unpaired) electrons. The fourth-order valence-corrected chi connectivity index (χ4v) is 3.78. The smallest absolute Gasteiger partial charge is 0.369 e. The molecule has 8 heteroatoms. The summed E-state index contributed by atoms with van der Waals surface area (Å²) >= 11 is 9.29. The maximum atomic E-state index is 13.5. The number of halogens is 5. The quantitative estimate of drug-likeness (QED) is 0.532. The number of alkyl halides is 3. The van der Waals surface area contributed by atoms with Gasteiger partial charge in [-0.05, 0) is 30.7 Å². The molecule has 0 amide bonds. The van der Waals surface area contributed by atoms with E-state index in [-0.39, 0.29) is 10.7 Å². The Morgan fingerprint density at radius 3 is 2.65 bits per heavy atom. The number of aromatic nitrogens is 2. The van der Waals surface area contributed by atoms with Crippen LogP contribution < -0.4 is 5.32 Å². The van der Waals surface area contributed by atoms with Gasteiger partial charge in [0.2, 0.25) is 0 Å². The Labute approximate surface area is 160 Å². The van der Waals surface area contributed by atoms with Crippen LogP contribution in [0.4, 0.5) is 19.0 Å². The number of hydrogen-bond donors (Lipinski definition) is 1. The van der Waals surface area contributed by atoms with Gasteiger partial charge in [-0.1, -0.05) is 45.7 Å². The monoisotopic (exact) mass is 441 g/mol. The molecule has 3 aromatic rings. The molecule has 26 heavy (non-hydrogen) atoms. The lowest BCUT2D eigenvalue weighted by molar-refractivity contribution is -0.137. The molecule has 1 aliphatic heterocycles. The minimum atomic E-state index is -4.54. The van der Waals surface area contributed by atoms with Crippen molar-refractivity contribution in [3.8, 4) is 16.9 Å². The normalized spacial score (nSPS) is 13.6. The van der Waals surface area contributed by atoms with E-state index in [2.05, 4.69) is 26.3 Å². The number of benzene rings is 2. The van der Waals surface area contributed by atoms with Crippen molar-refractivity contribution in [2.75, 3.05) is 11.9 Å². The predicted octanol–water partition coefficient (Wildman–Crippen LogP) is 5.94. The average molecular weight is 443 g/mol. The summed E-state index contributed by atoms with van der Waals surface area (Å²) < 4.78 is 42.8. The number of nitrogens with one attached hydrogen (secondary N) is 1. The molecule has 0 saturated carbocycles. The van der Waals surface area contributed by atoms with Gasteiger partial charge in [0.25, 0.3) is 0 Å². The molecule has 1 N–H and O–H groups in total. The van der Waals surface area contributed by atoms with E-state index >= 15 is 0 Å². The lowest BCUT2D eigenvalue weighted by Crippen LogP contribution is -2.13. The third kappa shape index (κ3) is 2.89. The zero-order chi connectivity index (χ0) is 18.5. The zero-order valence-corrected chi connectivity index (χ0v) is 15.6. The van der Waals surface area contributed by atoms with Crippen LogP contribution in [-0.2, 0) is 12.6 Å². The second-order valence-electron chi connectivity index (χ2n) is 5.90. The van der Waals surface area contributed by atoms with Crippen LogP contribution in [0.2, 0.25) is 5.02 Å². The number of fused-ring (bicyclic) bond motifs is 1. The lowest BCUT2D eigenvalue weighted by atomic mass is 10.1. The van der Waals surface area contributed by atoms with Crippen molar-refractivity contribution < 1.29 is 13.2 Å². The number of hydrogen-bond acceptors (Lipinski definition) is 2. The Balaban J connectivity index is 1.96. The molecule has 0 aliphatic carbocycles. The summed E-state index contributed by atoms with van der Waals surface area (Å²) in [5, 5.41) is 7.70. The highest BCUT2D eigenvalue weighted by Gasteiger charge is 2.36. The summed E-state index contributed by atoms with van der Waals surface area (Å²) in [4.78, 5) is 0. The van der Waals surface area contributed by atoms with Gasteiger partial charge in [-0.3, -0.25) is 0 Å². The van der Waals surface area contributed by atoms with E-state index in [0.717, 1.165) is 21.7 Å². The van der Waals surface area contributed by atoms with Crippen molar-refractivity contribution in [1.29, 1.82) is 0 Å². The molecule has 0 bridgehead atoms. The molecular formula is C18H12BrClF3N3. The molecule has 0 saturated heterocycles. The van der Waals surface area contributed by atoms with E-state index in [0.29, 0.717) is 24.5 Å². The summed E-state index contributed by atoms with van der Waals surface area (Å²) in [6.45, 7) is 0.652. The molecule has 0 spiro atoms. The summed E-state index contributed by atoms with van der Waals surface area (Å²) in [7, 11) is 0. The largest absolute Gasteiger partial charge is 0.418 e. The molecule has 2 heterocycles. The van der Waals surface area contributed by atoms with Gasteiger partial charge in [0.15, 0.2) is 0 Å². The first-order valence-corrected chi connectivity index (χ1v) is 9.01. The number of rotatable bonds is 2. The second-order valence-corrected chi connectivity index (χ2v) is 7.19. The van der Waals surface area contributed by atoms with Crippen molar-refractivity contribution >= 4 is 33.3 Å². The Kier molecular flexibility index (Phi) is 4.23. The first kappa shape index (κ1) is 17.4. The summed E-state index contributed by atoms with van der Waals surface area (Å²) in [6.07, 6.45) is -3.84. The summed E-state index contributed by atoms with van der Waals surface area (Å²) in [6, 6.07) is 11.2. The highest BCUT2D eigenvalue weighted by Crippen LogP contribution is 2.41. The highest BCUT2D eigenvalue weighted by atomic mass is 79.9. The molecule has 0 atom stereocenters. The van der Waals surface area contributed by atoms with E-state index in [9.17, 15) is 13.2 Å². The summed E-state index contributed by atoms with van der Waals surface area (Å²) in [5.74, 6) is 0.587. The molecule has 3 nitrogen and oxygen atoms in total. The van der Waals surface area contributed by atoms with Gasteiger partial charge in [0, 0.05) is 27.2 Å². The van der Waals surface area contributed by atoms with E-state index in [1.165, 1.54) is 16.8 Å². The van der Waals surface area contributed by atoms with Crippen LogP contribution in [-0.4, -0.2) is 16.3 Å². The van der Waals surface area contributed by atoms with Gasteiger partial charge in [0.05, 0.1) is 16.9 Å². The standard InChI is InChI=1S/C18H12BrClF3N3/c19-14-4-2-1-3-11(14)16-12-7-8-24-17(12)26(25-16)15-6-5-10(20)9-13(15)18(21,22)23/h1-6,9,24H,7-8H2. The Bertz CT molecular complexity index is 998. The molecule has 1 aliphatic rings. The first-order chi connectivity index (χ1) is 12.4. The van der Waals surface area contributed by atoms with Gasteiger partial charge in [-0.2, -0.15) is 18.3 Å². The van der Waals surface area contributed by atoms with Crippen LogP contribution in [0.3, 0.4) is 0 Å². The maximum Gasteiger partial charge on any atom is 0.418 e. The van der Waals surface area contributed by atoms with Gasteiger partial charge in [0.1, 0.15) is 5.82 Å². The van der Waals surface area contributed by atoms with Crippen LogP contribution >= 0.6 is 27.5 Å². The molecule has 1 aromatic heterocycles. The highest BCUT2D eigenvalue weighted by molar-refractivity contribution is 9.10. The Morgan fingerprint density at radius 1 is 1.15 bits per heavy atom. The molecular weight excluding hydrogens is 431 g/mol. The van der Waals surface area contributed by atoms with Crippen molar-refractivity contribution in [2.45, 2.75) is 12.6 Å². The Morgan fingerprint density at radius 2 is 1.92 bits per heavy atom. The van der Waals surface area contributed by atoms with Crippen LogP contribution in [0.25, 0.3) is 16.9 Å². The molecule has 4 rings (SSSR count). The lowest BCUT2D eigenvalue weighted by Gasteiger charge is -2.15. The van der Waals surface area contributed by atoms with E-state index in [4.69, 9.17) is 11.6 Å². The van der Waals surface area contributed by atoms with Crippen LogP contribution in [0.5, 0.6) is 0 Å². The van der Waals surface area contributed by atoms with Crippen LogP contribution in [0.1, 0.15) is 11.1 Å². The van der Waals surface area contributed by atoms with Gasteiger partial charge in [-0.15, -0.1) is 0 Å². The maximum absolute atomic E-state index is 13.5. The van der Waals surface area contributed by atoms with Gasteiger partial charge < -0.3 is 5.32 Å². The third-order valence-corrected chi connectivity index (χ3v) is 5.20. The van der Waals surface area contributed by atoms with Crippen molar-refractivity contribution in [1.82, 2.24) is 9.78 Å². The van der Waals surface area contributed by atoms with Gasteiger partial charge in [-0.25, -0.2) is 4.68 Å². The number of anilines is 1. The third-order valence-electron chi connectivity index (χ3n) is 4.27. The fraction of sp³-hybridized carbons (Fsp3) is 0.167. The predicted molar refractivity (Wildman–Crippen MR) is 98.9 cm³/mol. The molecule has 0 unspecified atom stereocenters. The van der Waals surface area contributed by atoms with Gasteiger partial charge >= 0.3 is 6.18 Å². The number of nitrogens with zero attached hydrogens (tertiary/aromatic N) is 2. The zero-order valence-electron chi connectivity index (χ0n) is 13.2. The molecule has 2 aromatic carbocycles. The van der Waals surface area contributed by atoms with E-state index in [1.807, 2.05) is 24.3 Å². The molecule has 134 valence electrons. The van der Waals surface area contributed by atoms with Crippen LogP contribution in [0, 0.1) is 0 Å². The Hall–Kier alpha value is -1.99. The molecule has 0 fully saturated rings. The van der Waals surface area contributed by atoms with Crippen molar-refractivity contribution in [3.63, 3.8) is 0 Å². The minimum absolute atomic E-state index is 0.0314. The second kappa shape index (κ2) is 6.32. The fourth-order valence-electron chi connectivity index (χ4n) is 3.14.